The maximum atomic E-state index is 12.9. The molecule has 1 rings (SSSR count). The second kappa shape index (κ2) is 6.61. The van der Waals surface area contributed by atoms with Crippen molar-refractivity contribution in [3.05, 3.63) is 29.3 Å². The summed E-state index contributed by atoms with van der Waals surface area (Å²) in [5, 5.41) is 8.85. The average molecular weight is 299 g/mol. The lowest BCUT2D eigenvalue weighted by molar-refractivity contribution is -0.139. The monoisotopic (exact) mass is 299 g/mol. The first-order valence-corrected chi connectivity index (χ1v) is 6.40. The van der Waals surface area contributed by atoms with E-state index in [2.05, 4.69) is 6.07 Å². The number of benzene rings is 1. The molecule has 0 aromatic heterocycles. The summed E-state index contributed by atoms with van der Waals surface area (Å²) < 4.78 is 43.8. The first kappa shape index (κ1) is 17.0. The molecular formula is C15H16F3NO2. The van der Waals surface area contributed by atoms with Gasteiger partial charge in [-0.2, -0.15) is 18.4 Å². The van der Waals surface area contributed by atoms with Crippen LogP contribution in [0.4, 0.5) is 13.2 Å². The third-order valence-corrected chi connectivity index (χ3v) is 2.95. The Morgan fingerprint density at radius 3 is 2.52 bits per heavy atom. The second-order valence-corrected chi connectivity index (χ2v) is 5.32. The standard InChI is InChI=1S/C15H16F3NO2/c1-14(2,10-19)6-3-7-21-13-5-4-11(9-20)8-12(13)15(16,17)18/h4-5,8-9H,3,6-7H2,1-2H3. The van der Waals surface area contributed by atoms with Crippen molar-refractivity contribution in [2.45, 2.75) is 32.9 Å². The molecule has 0 radical (unpaired) electrons. The van der Waals surface area contributed by atoms with Crippen molar-refractivity contribution >= 4 is 6.29 Å². The Kier molecular flexibility index (Phi) is 5.36. The Bertz CT molecular complexity index is 545. The zero-order chi connectivity index (χ0) is 16.1. The first-order chi connectivity index (χ1) is 9.69. The zero-order valence-corrected chi connectivity index (χ0v) is 11.8. The summed E-state index contributed by atoms with van der Waals surface area (Å²) in [6.45, 7) is 3.59. The largest absolute Gasteiger partial charge is 0.493 e. The van der Waals surface area contributed by atoms with Gasteiger partial charge in [0.05, 0.1) is 23.7 Å². The molecule has 0 saturated carbocycles. The van der Waals surface area contributed by atoms with Crippen molar-refractivity contribution in [3.8, 4) is 11.8 Å². The van der Waals surface area contributed by atoms with E-state index in [1.807, 2.05) is 0 Å². The fraction of sp³-hybridized carbons (Fsp3) is 0.467. The van der Waals surface area contributed by atoms with E-state index in [9.17, 15) is 18.0 Å². The maximum Gasteiger partial charge on any atom is 0.419 e. The van der Waals surface area contributed by atoms with Gasteiger partial charge in [-0.05, 0) is 44.9 Å². The molecule has 0 spiro atoms. The predicted octanol–water partition coefficient (Wildman–Crippen LogP) is 4.23. The minimum Gasteiger partial charge on any atom is -0.493 e. The molecule has 0 aliphatic carbocycles. The number of hydrogen-bond donors (Lipinski definition) is 0. The van der Waals surface area contributed by atoms with Crippen molar-refractivity contribution in [2.24, 2.45) is 5.41 Å². The molecule has 0 aliphatic rings. The van der Waals surface area contributed by atoms with Crippen LogP contribution in [0.15, 0.2) is 18.2 Å². The lowest BCUT2D eigenvalue weighted by Crippen LogP contribution is -2.12. The summed E-state index contributed by atoms with van der Waals surface area (Å²) in [6, 6.07) is 5.30. The summed E-state index contributed by atoms with van der Waals surface area (Å²) in [6.07, 6.45) is -3.24. The van der Waals surface area contributed by atoms with Gasteiger partial charge in [0.2, 0.25) is 0 Å². The van der Waals surface area contributed by atoms with Crippen LogP contribution in [0.1, 0.15) is 42.6 Å². The molecule has 1 aromatic rings. The Hall–Kier alpha value is -2.03. The number of hydrogen-bond acceptors (Lipinski definition) is 3. The van der Waals surface area contributed by atoms with Crippen LogP contribution < -0.4 is 4.74 Å². The SMILES string of the molecule is CC(C)(C#N)CCCOc1ccc(C=O)cc1C(F)(F)F. The number of aldehydes is 1. The van der Waals surface area contributed by atoms with Crippen LogP contribution in [-0.2, 0) is 6.18 Å². The van der Waals surface area contributed by atoms with Gasteiger partial charge in [0.15, 0.2) is 0 Å². The normalized spacial score (nSPS) is 11.8. The molecule has 0 heterocycles. The smallest absolute Gasteiger partial charge is 0.419 e. The summed E-state index contributed by atoms with van der Waals surface area (Å²) in [4.78, 5) is 10.6. The average Bonchev–Trinajstić information content (AvgIpc) is 2.42. The third-order valence-electron chi connectivity index (χ3n) is 2.95. The van der Waals surface area contributed by atoms with E-state index in [1.165, 1.54) is 6.07 Å². The minimum absolute atomic E-state index is 0.0553. The molecule has 114 valence electrons. The predicted molar refractivity (Wildman–Crippen MR) is 71.0 cm³/mol. The Morgan fingerprint density at radius 2 is 2.00 bits per heavy atom. The number of ether oxygens (including phenoxy) is 1. The van der Waals surface area contributed by atoms with E-state index in [-0.39, 0.29) is 17.9 Å². The lowest BCUT2D eigenvalue weighted by atomic mass is 9.90. The quantitative estimate of drug-likeness (QED) is 0.583. The summed E-state index contributed by atoms with van der Waals surface area (Å²) in [5.41, 5.74) is -1.55. The highest BCUT2D eigenvalue weighted by Crippen LogP contribution is 2.36. The second-order valence-electron chi connectivity index (χ2n) is 5.32. The highest BCUT2D eigenvalue weighted by Gasteiger charge is 2.34. The van der Waals surface area contributed by atoms with Crippen LogP contribution in [0.25, 0.3) is 0 Å². The van der Waals surface area contributed by atoms with Gasteiger partial charge >= 0.3 is 6.18 Å². The number of carbonyl (C=O) groups excluding carboxylic acids is 1. The third kappa shape index (κ3) is 5.10. The zero-order valence-electron chi connectivity index (χ0n) is 11.8. The minimum atomic E-state index is -4.58. The number of carbonyl (C=O) groups is 1. The molecule has 0 saturated heterocycles. The van der Waals surface area contributed by atoms with Gasteiger partial charge in [0.1, 0.15) is 12.0 Å². The van der Waals surface area contributed by atoms with E-state index in [4.69, 9.17) is 10.00 Å². The topological polar surface area (TPSA) is 50.1 Å². The first-order valence-electron chi connectivity index (χ1n) is 6.40. The van der Waals surface area contributed by atoms with Crippen molar-refractivity contribution in [3.63, 3.8) is 0 Å². The Balaban J connectivity index is 2.76. The number of rotatable bonds is 6. The van der Waals surface area contributed by atoms with Gasteiger partial charge in [-0.3, -0.25) is 4.79 Å². The Morgan fingerprint density at radius 1 is 1.33 bits per heavy atom. The van der Waals surface area contributed by atoms with E-state index in [1.54, 1.807) is 13.8 Å². The van der Waals surface area contributed by atoms with Gasteiger partial charge < -0.3 is 4.74 Å². The summed E-state index contributed by atoms with van der Waals surface area (Å²) in [5.74, 6) is -0.303. The van der Waals surface area contributed by atoms with Crippen molar-refractivity contribution in [1.82, 2.24) is 0 Å². The van der Waals surface area contributed by atoms with Gasteiger partial charge in [-0.25, -0.2) is 0 Å². The van der Waals surface area contributed by atoms with Crippen LogP contribution in [0.3, 0.4) is 0 Å². The van der Waals surface area contributed by atoms with Gasteiger partial charge in [0.25, 0.3) is 0 Å². The number of nitriles is 1. The molecule has 0 fully saturated rings. The molecule has 1 aromatic carbocycles. The van der Waals surface area contributed by atoms with Crippen LogP contribution in [-0.4, -0.2) is 12.9 Å². The summed E-state index contributed by atoms with van der Waals surface area (Å²) >= 11 is 0. The van der Waals surface area contributed by atoms with Gasteiger partial charge in [0, 0.05) is 5.56 Å². The molecular weight excluding hydrogens is 283 g/mol. The van der Waals surface area contributed by atoms with Crippen LogP contribution in [0, 0.1) is 16.7 Å². The van der Waals surface area contributed by atoms with Crippen LogP contribution in [0.2, 0.25) is 0 Å². The maximum absolute atomic E-state index is 12.9. The lowest BCUT2D eigenvalue weighted by Gasteiger charge is -2.17. The fourth-order valence-corrected chi connectivity index (χ4v) is 1.72. The Labute approximate surface area is 121 Å². The van der Waals surface area contributed by atoms with Gasteiger partial charge in [-0.15, -0.1) is 0 Å². The van der Waals surface area contributed by atoms with Crippen molar-refractivity contribution in [2.75, 3.05) is 6.61 Å². The van der Waals surface area contributed by atoms with Crippen LogP contribution >= 0.6 is 0 Å². The van der Waals surface area contributed by atoms with E-state index in [0.717, 1.165) is 12.1 Å². The molecule has 0 N–H and O–H groups in total. The van der Waals surface area contributed by atoms with Crippen molar-refractivity contribution < 1.29 is 22.7 Å². The fourth-order valence-electron chi connectivity index (χ4n) is 1.72. The highest BCUT2D eigenvalue weighted by molar-refractivity contribution is 5.75. The van der Waals surface area contributed by atoms with E-state index < -0.39 is 17.2 Å². The molecule has 0 aliphatic heterocycles. The molecule has 3 nitrogen and oxygen atoms in total. The molecule has 0 bridgehead atoms. The van der Waals surface area contributed by atoms with Crippen LogP contribution in [0.5, 0.6) is 5.75 Å². The van der Waals surface area contributed by atoms with E-state index in [0.29, 0.717) is 19.1 Å². The van der Waals surface area contributed by atoms with Gasteiger partial charge in [-0.1, -0.05) is 0 Å². The summed E-state index contributed by atoms with van der Waals surface area (Å²) in [7, 11) is 0. The molecule has 0 atom stereocenters. The number of alkyl halides is 3. The highest BCUT2D eigenvalue weighted by atomic mass is 19.4. The van der Waals surface area contributed by atoms with Crippen molar-refractivity contribution in [1.29, 1.82) is 5.26 Å². The molecule has 21 heavy (non-hydrogen) atoms. The molecule has 0 amide bonds. The van der Waals surface area contributed by atoms with E-state index >= 15 is 0 Å². The number of nitrogens with zero attached hydrogens (tertiary/aromatic N) is 1. The molecule has 0 unspecified atom stereocenters. The molecule has 6 heteroatoms. The number of halogens is 3.